The zero-order valence-corrected chi connectivity index (χ0v) is 13.8. The van der Waals surface area contributed by atoms with Crippen molar-refractivity contribution in [2.24, 2.45) is 0 Å². The standard InChI is InChI=1S/C18H21NO5/c1-3-22-15-7-4-6-12-10-13(18(21)24-16(12)15)17(20)19-11(2)14-8-5-9-23-14/h4,6-7,10-11,14H,3,5,8-9H2,1-2H3,(H,19,20)/t11-,14-/m1/s1. The van der Waals surface area contributed by atoms with Gasteiger partial charge in [-0.15, -0.1) is 0 Å². The molecule has 0 bridgehead atoms. The van der Waals surface area contributed by atoms with Crippen LogP contribution >= 0.6 is 0 Å². The maximum Gasteiger partial charge on any atom is 0.349 e. The summed E-state index contributed by atoms with van der Waals surface area (Å²) in [5.74, 6) is 0.0437. The molecule has 1 aromatic heterocycles. The van der Waals surface area contributed by atoms with E-state index in [0.717, 1.165) is 12.8 Å². The lowest BCUT2D eigenvalue weighted by molar-refractivity contribution is 0.0710. The lowest BCUT2D eigenvalue weighted by Crippen LogP contribution is -2.42. The number of fused-ring (bicyclic) bond motifs is 1. The minimum atomic E-state index is -0.674. The number of para-hydroxylation sites is 1. The molecule has 6 nitrogen and oxygen atoms in total. The molecule has 1 fully saturated rings. The van der Waals surface area contributed by atoms with E-state index in [1.165, 1.54) is 0 Å². The quantitative estimate of drug-likeness (QED) is 0.852. The van der Waals surface area contributed by atoms with Crippen LogP contribution in [-0.2, 0) is 4.74 Å². The number of carbonyl (C=O) groups is 1. The lowest BCUT2D eigenvalue weighted by Gasteiger charge is -2.19. The van der Waals surface area contributed by atoms with Gasteiger partial charge in [-0.2, -0.15) is 0 Å². The highest BCUT2D eigenvalue weighted by atomic mass is 16.5. The number of ether oxygens (including phenoxy) is 2. The van der Waals surface area contributed by atoms with Crippen LogP contribution in [0.5, 0.6) is 5.75 Å². The summed E-state index contributed by atoms with van der Waals surface area (Å²) in [6, 6.07) is 6.69. The molecule has 2 heterocycles. The predicted molar refractivity (Wildman–Crippen MR) is 89.6 cm³/mol. The Morgan fingerprint density at radius 3 is 3.00 bits per heavy atom. The monoisotopic (exact) mass is 331 g/mol. The number of amides is 1. The van der Waals surface area contributed by atoms with Crippen molar-refractivity contribution in [1.82, 2.24) is 5.32 Å². The van der Waals surface area contributed by atoms with Crippen molar-refractivity contribution in [1.29, 1.82) is 0 Å². The topological polar surface area (TPSA) is 77.8 Å². The van der Waals surface area contributed by atoms with Crippen LogP contribution < -0.4 is 15.7 Å². The number of benzene rings is 1. The largest absolute Gasteiger partial charge is 0.490 e. The fourth-order valence-electron chi connectivity index (χ4n) is 2.92. The van der Waals surface area contributed by atoms with E-state index in [1.54, 1.807) is 24.3 Å². The highest BCUT2D eigenvalue weighted by Gasteiger charge is 2.25. The van der Waals surface area contributed by atoms with Gasteiger partial charge in [0.2, 0.25) is 0 Å². The predicted octanol–water partition coefficient (Wildman–Crippen LogP) is 2.49. The number of hydrogen-bond acceptors (Lipinski definition) is 5. The summed E-state index contributed by atoms with van der Waals surface area (Å²) in [7, 11) is 0. The molecule has 1 aliphatic heterocycles. The van der Waals surface area contributed by atoms with Crippen molar-refractivity contribution in [2.45, 2.75) is 38.8 Å². The zero-order chi connectivity index (χ0) is 17.1. The van der Waals surface area contributed by atoms with Gasteiger partial charge in [-0.05, 0) is 38.8 Å². The molecule has 6 heteroatoms. The van der Waals surface area contributed by atoms with Crippen molar-refractivity contribution >= 4 is 16.9 Å². The Morgan fingerprint density at radius 1 is 1.46 bits per heavy atom. The first kappa shape index (κ1) is 16.5. The fourth-order valence-corrected chi connectivity index (χ4v) is 2.92. The van der Waals surface area contributed by atoms with Gasteiger partial charge in [-0.1, -0.05) is 12.1 Å². The van der Waals surface area contributed by atoms with Gasteiger partial charge in [-0.3, -0.25) is 4.79 Å². The summed E-state index contributed by atoms with van der Waals surface area (Å²) in [4.78, 5) is 24.6. The first-order valence-electron chi connectivity index (χ1n) is 8.22. The van der Waals surface area contributed by atoms with Crippen molar-refractivity contribution in [3.8, 4) is 5.75 Å². The summed E-state index contributed by atoms with van der Waals surface area (Å²) in [6.07, 6.45) is 1.89. The Morgan fingerprint density at radius 2 is 2.29 bits per heavy atom. The van der Waals surface area contributed by atoms with E-state index in [4.69, 9.17) is 13.9 Å². The molecule has 0 unspecified atom stereocenters. The van der Waals surface area contributed by atoms with Gasteiger partial charge >= 0.3 is 5.63 Å². The molecule has 0 spiro atoms. The molecule has 1 aliphatic rings. The third-order valence-corrected chi connectivity index (χ3v) is 4.15. The van der Waals surface area contributed by atoms with Crippen LogP contribution in [0.3, 0.4) is 0 Å². The molecule has 0 aliphatic carbocycles. The maximum absolute atomic E-state index is 12.4. The van der Waals surface area contributed by atoms with E-state index in [-0.39, 0.29) is 17.7 Å². The number of hydrogen-bond donors (Lipinski definition) is 1. The van der Waals surface area contributed by atoms with Gasteiger partial charge in [-0.25, -0.2) is 4.79 Å². The van der Waals surface area contributed by atoms with E-state index in [2.05, 4.69) is 5.32 Å². The maximum atomic E-state index is 12.4. The molecule has 24 heavy (non-hydrogen) atoms. The van der Waals surface area contributed by atoms with Crippen LogP contribution in [-0.4, -0.2) is 31.3 Å². The van der Waals surface area contributed by atoms with E-state index < -0.39 is 11.5 Å². The third-order valence-electron chi connectivity index (χ3n) is 4.15. The molecular formula is C18H21NO5. The van der Waals surface area contributed by atoms with Crippen molar-refractivity contribution in [3.63, 3.8) is 0 Å². The minimum absolute atomic E-state index is 0.00833. The molecule has 0 saturated carbocycles. The van der Waals surface area contributed by atoms with Gasteiger partial charge in [0, 0.05) is 12.0 Å². The second kappa shape index (κ2) is 7.05. The molecule has 3 rings (SSSR count). The average Bonchev–Trinajstić information content (AvgIpc) is 3.09. The van der Waals surface area contributed by atoms with Gasteiger partial charge in [0.25, 0.3) is 5.91 Å². The second-order valence-corrected chi connectivity index (χ2v) is 5.87. The molecule has 128 valence electrons. The molecule has 1 aromatic carbocycles. The average molecular weight is 331 g/mol. The summed E-state index contributed by atoms with van der Waals surface area (Å²) >= 11 is 0. The fraction of sp³-hybridized carbons (Fsp3) is 0.444. The smallest absolute Gasteiger partial charge is 0.349 e. The Bertz CT molecular complexity index is 792. The van der Waals surface area contributed by atoms with E-state index in [1.807, 2.05) is 13.8 Å². The third kappa shape index (κ3) is 3.28. The highest BCUT2D eigenvalue weighted by molar-refractivity contribution is 5.97. The van der Waals surface area contributed by atoms with Gasteiger partial charge in [0.15, 0.2) is 11.3 Å². The zero-order valence-electron chi connectivity index (χ0n) is 13.8. The number of nitrogens with one attached hydrogen (secondary N) is 1. The molecule has 2 atom stereocenters. The van der Waals surface area contributed by atoms with E-state index in [0.29, 0.717) is 29.9 Å². The Balaban J connectivity index is 1.87. The van der Waals surface area contributed by atoms with Crippen molar-refractivity contribution in [2.75, 3.05) is 13.2 Å². The molecule has 2 aromatic rings. The molecule has 1 saturated heterocycles. The first-order chi connectivity index (χ1) is 11.6. The summed E-state index contributed by atoms with van der Waals surface area (Å²) in [6.45, 7) is 4.90. The summed E-state index contributed by atoms with van der Waals surface area (Å²) in [5, 5.41) is 3.48. The molecular weight excluding hydrogens is 310 g/mol. The van der Waals surface area contributed by atoms with Crippen LogP contribution in [0.4, 0.5) is 0 Å². The van der Waals surface area contributed by atoms with Crippen LogP contribution in [0.25, 0.3) is 11.0 Å². The first-order valence-corrected chi connectivity index (χ1v) is 8.22. The highest BCUT2D eigenvalue weighted by Crippen LogP contribution is 2.25. The van der Waals surface area contributed by atoms with Crippen LogP contribution in [0.1, 0.15) is 37.0 Å². The second-order valence-electron chi connectivity index (χ2n) is 5.87. The van der Waals surface area contributed by atoms with Crippen molar-refractivity contribution in [3.05, 3.63) is 40.2 Å². The molecule has 1 N–H and O–H groups in total. The van der Waals surface area contributed by atoms with Crippen molar-refractivity contribution < 1.29 is 18.7 Å². The summed E-state index contributed by atoms with van der Waals surface area (Å²) < 4.78 is 16.4. The number of carbonyl (C=O) groups excluding carboxylic acids is 1. The van der Waals surface area contributed by atoms with Crippen LogP contribution in [0, 0.1) is 0 Å². The van der Waals surface area contributed by atoms with Gasteiger partial charge < -0.3 is 19.2 Å². The molecule has 0 radical (unpaired) electrons. The van der Waals surface area contributed by atoms with Crippen LogP contribution in [0.2, 0.25) is 0 Å². The minimum Gasteiger partial charge on any atom is -0.490 e. The molecule has 1 amide bonds. The summed E-state index contributed by atoms with van der Waals surface area (Å²) in [5.41, 5.74) is -0.333. The van der Waals surface area contributed by atoms with Gasteiger partial charge in [0.1, 0.15) is 5.56 Å². The normalized spacial score (nSPS) is 18.5. The lowest BCUT2D eigenvalue weighted by atomic mass is 10.1. The Kier molecular flexibility index (Phi) is 4.85. The van der Waals surface area contributed by atoms with Crippen LogP contribution in [0.15, 0.2) is 33.5 Å². The Labute approximate surface area is 139 Å². The van der Waals surface area contributed by atoms with Gasteiger partial charge in [0.05, 0.1) is 18.8 Å². The SMILES string of the molecule is CCOc1cccc2cc(C(=O)N[C@H](C)[C@H]3CCCO3)c(=O)oc12. The van der Waals surface area contributed by atoms with E-state index >= 15 is 0 Å². The Hall–Kier alpha value is -2.34. The number of rotatable bonds is 5. The van der Waals surface area contributed by atoms with E-state index in [9.17, 15) is 9.59 Å².